The van der Waals surface area contributed by atoms with Crippen molar-refractivity contribution in [3.05, 3.63) is 64.5 Å². The van der Waals surface area contributed by atoms with Crippen molar-refractivity contribution in [2.75, 3.05) is 12.1 Å². The molecule has 2 aromatic heterocycles. The number of para-hydroxylation sites is 1. The largest absolute Gasteiger partial charge is 0.454 e. The third kappa shape index (κ3) is 2.94. The molecule has 11 nitrogen and oxygen atoms in total. The molecule has 144 valence electrons. The first kappa shape index (κ1) is 16.9. The Labute approximate surface area is 163 Å². The van der Waals surface area contributed by atoms with Crippen molar-refractivity contribution in [1.29, 1.82) is 0 Å². The lowest BCUT2D eigenvalue weighted by molar-refractivity contribution is -0.384. The van der Waals surface area contributed by atoms with Crippen LogP contribution in [0.2, 0.25) is 0 Å². The van der Waals surface area contributed by atoms with E-state index in [9.17, 15) is 10.1 Å². The standard InChI is InChI=1S/C18H13N7O4/c26-25(27)16-17(19-8-11-5-6-14-15(7-11)29-10-28-14)20-9-21-18(16)24-13-4-2-1-3-12(13)22-23-24/h1-7,9H,8,10H2,(H,19,20,21). The van der Waals surface area contributed by atoms with Gasteiger partial charge in [-0.1, -0.05) is 23.4 Å². The van der Waals surface area contributed by atoms with E-state index in [2.05, 4.69) is 25.6 Å². The highest BCUT2D eigenvalue weighted by molar-refractivity contribution is 5.77. The van der Waals surface area contributed by atoms with E-state index in [-0.39, 0.29) is 24.1 Å². The molecule has 0 saturated carbocycles. The van der Waals surface area contributed by atoms with Gasteiger partial charge < -0.3 is 14.8 Å². The van der Waals surface area contributed by atoms with Crippen LogP contribution in [0.5, 0.6) is 11.5 Å². The zero-order chi connectivity index (χ0) is 19.8. The number of aromatic nitrogens is 5. The molecule has 1 N–H and O–H groups in total. The molecule has 1 aliphatic heterocycles. The van der Waals surface area contributed by atoms with Crippen LogP contribution >= 0.6 is 0 Å². The van der Waals surface area contributed by atoms with E-state index in [1.807, 2.05) is 18.2 Å². The number of rotatable bonds is 5. The number of ether oxygens (including phenoxy) is 2. The smallest absolute Gasteiger partial charge is 0.355 e. The third-order valence-electron chi connectivity index (χ3n) is 4.43. The van der Waals surface area contributed by atoms with Crippen LogP contribution in [-0.4, -0.2) is 36.7 Å². The molecule has 0 atom stereocenters. The zero-order valence-electron chi connectivity index (χ0n) is 14.8. The summed E-state index contributed by atoms with van der Waals surface area (Å²) in [5.41, 5.74) is 1.78. The van der Waals surface area contributed by atoms with Crippen molar-refractivity contribution in [3.63, 3.8) is 0 Å². The number of hydrogen-bond donors (Lipinski definition) is 1. The molecule has 5 rings (SSSR count). The summed E-state index contributed by atoms with van der Waals surface area (Å²) < 4.78 is 12.0. The van der Waals surface area contributed by atoms with Crippen molar-refractivity contribution >= 4 is 22.5 Å². The van der Waals surface area contributed by atoms with Crippen molar-refractivity contribution in [1.82, 2.24) is 25.0 Å². The van der Waals surface area contributed by atoms with E-state index >= 15 is 0 Å². The van der Waals surface area contributed by atoms with Gasteiger partial charge in [0.2, 0.25) is 18.4 Å². The lowest BCUT2D eigenvalue weighted by atomic mass is 10.2. The Kier molecular flexibility index (Phi) is 3.90. The lowest BCUT2D eigenvalue weighted by Crippen LogP contribution is -2.10. The van der Waals surface area contributed by atoms with E-state index in [4.69, 9.17) is 9.47 Å². The fraction of sp³-hybridized carbons (Fsp3) is 0.111. The van der Waals surface area contributed by atoms with Gasteiger partial charge in [0.05, 0.1) is 10.4 Å². The first-order valence-corrected chi connectivity index (χ1v) is 8.63. The molecule has 0 aliphatic carbocycles. The van der Waals surface area contributed by atoms with E-state index in [0.29, 0.717) is 29.1 Å². The van der Waals surface area contributed by atoms with E-state index in [1.54, 1.807) is 24.3 Å². The van der Waals surface area contributed by atoms with Crippen molar-refractivity contribution < 1.29 is 14.4 Å². The van der Waals surface area contributed by atoms with Crippen LogP contribution < -0.4 is 14.8 Å². The summed E-state index contributed by atoms with van der Waals surface area (Å²) in [6.07, 6.45) is 1.25. The van der Waals surface area contributed by atoms with E-state index in [0.717, 1.165) is 5.56 Å². The Hall–Kier alpha value is -4.28. The quantitative estimate of drug-likeness (QED) is 0.402. The Morgan fingerprint density at radius 2 is 2.00 bits per heavy atom. The molecule has 1 aliphatic rings. The number of nitro groups is 1. The number of fused-ring (bicyclic) bond motifs is 2. The maximum atomic E-state index is 11.8. The van der Waals surface area contributed by atoms with Gasteiger partial charge in [-0.3, -0.25) is 10.1 Å². The van der Waals surface area contributed by atoms with Crippen LogP contribution in [0.1, 0.15) is 5.56 Å². The topological polar surface area (TPSA) is 130 Å². The van der Waals surface area contributed by atoms with Gasteiger partial charge in [0, 0.05) is 6.54 Å². The lowest BCUT2D eigenvalue weighted by Gasteiger charge is -2.09. The summed E-state index contributed by atoms with van der Waals surface area (Å²) in [6, 6.07) is 12.6. The molecule has 2 aromatic carbocycles. The Balaban J connectivity index is 1.51. The molecule has 0 bridgehead atoms. The number of nitrogens with one attached hydrogen (secondary N) is 1. The molecule has 29 heavy (non-hydrogen) atoms. The summed E-state index contributed by atoms with van der Waals surface area (Å²) >= 11 is 0. The van der Waals surface area contributed by atoms with Crippen molar-refractivity contribution in [2.45, 2.75) is 6.54 Å². The molecule has 3 heterocycles. The van der Waals surface area contributed by atoms with E-state index in [1.165, 1.54) is 11.0 Å². The van der Waals surface area contributed by atoms with Gasteiger partial charge in [0.15, 0.2) is 11.5 Å². The normalized spacial score (nSPS) is 12.3. The molecular weight excluding hydrogens is 378 g/mol. The summed E-state index contributed by atoms with van der Waals surface area (Å²) in [4.78, 5) is 19.4. The van der Waals surface area contributed by atoms with Crippen LogP contribution in [0.25, 0.3) is 16.9 Å². The minimum atomic E-state index is -0.534. The third-order valence-corrected chi connectivity index (χ3v) is 4.43. The average Bonchev–Trinajstić information content (AvgIpc) is 3.38. The molecule has 0 amide bonds. The minimum Gasteiger partial charge on any atom is -0.454 e. The number of hydrogen-bond acceptors (Lipinski definition) is 9. The zero-order valence-corrected chi connectivity index (χ0v) is 14.8. The number of nitrogens with zero attached hydrogens (tertiary/aromatic N) is 6. The molecular formula is C18H13N7O4. The first-order valence-electron chi connectivity index (χ1n) is 8.63. The van der Waals surface area contributed by atoms with Crippen LogP contribution in [-0.2, 0) is 6.54 Å². The van der Waals surface area contributed by atoms with Gasteiger partial charge in [-0.15, -0.1) is 5.10 Å². The van der Waals surface area contributed by atoms with Crippen molar-refractivity contribution in [2.24, 2.45) is 0 Å². The van der Waals surface area contributed by atoms with E-state index < -0.39 is 4.92 Å². The summed E-state index contributed by atoms with van der Waals surface area (Å²) in [5, 5.41) is 22.9. The SMILES string of the molecule is O=[N+]([O-])c1c(NCc2ccc3c(c2)OCO3)ncnc1-n1nnc2ccccc21. The van der Waals surface area contributed by atoms with Gasteiger partial charge >= 0.3 is 5.69 Å². The second-order valence-corrected chi connectivity index (χ2v) is 6.18. The predicted octanol–water partition coefficient (Wildman–Crippen LogP) is 2.46. The van der Waals surface area contributed by atoms with Crippen LogP contribution in [0.4, 0.5) is 11.5 Å². The fourth-order valence-electron chi connectivity index (χ4n) is 3.08. The Morgan fingerprint density at radius 1 is 1.14 bits per heavy atom. The monoisotopic (exact) mass is 391 g/mol. The van der Waals surface area contributed by atoms with Gasteiger partial charge in [-0.2, -0.15) is 4.68 Å². The summed E-state index contributed by atoms with van der Waals surface area (Å²) in [6.45, 7) is 0.477. The van der Waals surface area contributed by atoms with Crippen LogP contribution in [0.3, 0.4) is 0 Å². The van der Waals surface area contributed by atoms with Gasteiger partial charge in [-0.25, -0.2) is 9.97 Å². The van der Waals surface area contributed by atoms with Crippen molar-refractivity contribution in [3.8, 4) is 17.3 Å². The molecule has 11 heteroatoms. The highest BCUT2D eigenvalue weighted by Crippen LogP contribution is 2.33. The van der Waals surface area contributed by atoms with Gasteiger partial charge in [0.25, 0.3) is 0 Å². The van der Waals surface area contributed by atoms with Crippen LogP contribution in [0, 0.1) is 10.1 Å². The molecule has 0 saturated heterocycles. The number of benzene rings is 2. The maximum Gasteiger partial charge on any atom is 0.355 e. The predicted molar refractivity (Wildman–Crippen MR) is 101 cm³/mol. The Bertz CT molecular complexity index is 1240. The second-order valence-electron chi connectivity index (χ2n) is 6.18. The molecule has 4 aromatic rings. The Morgan fingerprint density at radius 3 is 2.90 bits per heavy atom. The summed E-state index contributed by atoms with van der Waals surface area (Å²) in [7, 11) is 0. The van der Waals surface area contributed by atoms with Crippen LogP contribution in [0.15, 0.2) is 48.8 Å². The summed E-state index contributed by atoms with van der Waals surface area (Å²) in [5.74, 6) is 1.42. The highest BCUT2D eigenvalue weighted by Gasteiger charge is 2.26. The molecule has 0 radical (unpaired) electrons. The number of anilines is 1. The minimum absolute atomic E-state index is 0.0342. The maximum absolute atomic E-state index is 11.8. The first-order chi connectivity index (χ1) is 14.2. The highest BCUT2D eigenvalue weighted by atomic mass is 16.7. The molecule has 0 fully saturated rings. The molecule has 0 spiro atoms. The van der Waals surface area contributed by atoms with Gasteiger partial charge in [-0.05, 0) is 29.8 Å². The molecule has 0 unspecified atom stereocenters. The average molecular weight is 391 g/mol. The second kappa shape index (κ2) is 6.71. The van der Waals surface area contributed by atoms with Gasteiger partial charge in [0.1, 0.15) is 11.8 Å². The fourth-order valence-corrected chi connectivity index (χ4v) is 3.08.